The molecule has 1 aromatic heterocycles. The van der Waals surface area contributed by atoms with Crippen molar-refractivity contribution in [2.75, 3.05) is 37.7 Å². The molecule has 0 saturated carbocycles. The summed E-state index contributed by atoms with van der Waals surface area (Å²) in [4.78, 5) is 22.9. The van der Waals surface area contributed by atoms with Gasteiger partial charge in [-0.15, -0.1) is 0 Å². The summed E-state index contributed by atoms with van der Waals surface area (Å²) in [6.45, 7) is 14.2. The smallest absolute Gasteiger partial charge is 0.259 e. The monoisotopic (exact) mass is 419 g/mol. The Balaban J connectivity index is 2.12. The van der Waals surface area contributed by atoms with Crippen LogP contribution < -0.4 is 9.64 Å². The molecule has 164 valence electrons. The van der Waals surface area contributed by atoms with Crippen LogP contribution in [0.5, 0.6) is 5.88 Å². The SMILES string of the molecule is CCOc1cc(C(=O)N(CCN(CC)CC)c2c(C)cccc2C)c2ccccc2n1. The van der Waals surface area contributed by atoms with Crippen molar-refractivity contribution in [3.05, 3.63) is 65.2 Å². The van der Waals surface area contributed by atoms with E-state index in [1.165, 1.54) is 0 Å². The molecule has 0 radical (unpaired) electrons. The van der Waals surface area contributed by atoms with Gasteiger partial charge in [-0.05, 0) is 51.1 Å². The molecule has 0 N–H and O–H groups in total. The van der Waals surface area contributed by atoms with Gasteiger partial charge < -0.3 is 14.5 Å². The van der Waals surface area contributed by atoms with E-state index < -0.39 is 0 Å². The Bertz CT molecular complexity index is 1020. The van der Waals surface area contributed by atoms with Gasteiger partial charge >= 0.3 is 0 Å². The third kappa shape index (κ3) is 5.05. The van der Waals surface area contributed by atoms with E-state index in [0.29, 0.717) is 24.6 Å². The molecule has 3 aromatic rings. The number of hydrogen-bond acceptors (Lipinski definition) is 4. The van der Waals surface area contributed by atoms with Crippen LogP contribution >= 0.6 is 0 Å². The summed E-state index contributed by atoms with van der Waals surface area (Å²) < 4.78 is 5.68. The van der Waals surface area contributed by atoms with Gasteiger partial charge in [0.05, 0.1) is 17.7 Å². The molecule has 0 aliphatic carbocycles. The number of aromatic nitrogens is 1. The van der Waals surface area contributed by atoms with E-state index in [4.69, 9.17) is 4.74 Å². The predicted octanol–water partition coefficient (Wildman–Crippen LogP) is 5.24. The summed E-state index contributed by atoms with van der Waals surface area (Å²) in [7, 11) is 0. The molecule has 31 heavy (non-hydrogen) atoms. The van der Waals surface area contributed by atoms with Crippen molar-refractivity contribution < 1.29 is 9.53 Å². The first-order valence-corrected chi connectivity index (χ1v) is 11.1. The van der Waals surface area contributed by atoms with E-state index in [2.05, 4.69) is 49.7 Å². The second-order valence-electron chi connectivity index (χ2n) is 7.68. The summed E-state index contributed by atoms with van der Waals surface area (Å²) >= 11 is 0. The van der Waals surface area contributed by atoms with E-state index in [1.54, 1.807) is 6.07 Å². The number of ether oxygens (including phenoxy) is 1. The normalized spacial score (nSPS) is 11.2. The third-order valence-corrected chi connectivity index (χ3v) is 5.70. The Kier molecular flexibility index (Phi) is 7.64. The van der Waals surface area contributed by atoms with Gasteiger partial charge in [0, 0.05) is 30.2 Å². The number of rotatable bonds is 9. The van der Waals surface area contributed by atoms with Crippen molar-refractivity contribution in [1.82, 2.24) is 9.88 Å². The number of hydrogen-bond donors (Lipinski definition) is 0. The highest BCUT2D eigenvalue weighted by molar-refractivity contribution is 6.14. The van der Waals surface area contributed by atoms with Crippen molar-refractivity contribution in [2.24, 2.45) is 0 Å². The van der Waals surface area contributed by atoms with Crippen LogP contribution in [0.15, 0.2) is 48.5 Å². The number of aryl methyl sites for hydroxylation is 2. The quantitative estimate of drug-likeness (QED) is 0.476. The van der Waals surface area contributed by atoms with Crippen molar-refractivity contribution >= 4 is 22.5 Å². The predicted molar refractivity (Wildman–Crippen MR) is 128 cm³/mol. The third-order valence-electron chi connectivity index (χ3n) is 5.70. The number of pyridine rings is 1. The summed E-state index contributed by atoms with van der Waals surface area (Å²) in [6, 6.07) is 15.7. The first-order chi connectivity index (χ1) is 15.0. The van der Waals surface area contributed by atoms with Gasteiger partial charge in [-0.25, -0.2) is 4.98 Å². The zero-order valence-electron chi connectivity index (χ0n) is 19.3. The van der Waals surface area contributed by atoms with E-state index in [9.17, 15) is 4.79 Å². The van der Waals surface area contributed by atoms with Gasteiger partial charge in [-0.3, -0.25) is 4.79 Å². The molecule has 1 amide bonds. The highest BCUT2D eigenvalue weighted by Crippen LogP contribution is 2.29. The van der Waals surface area contributed by atoms with Crippen LogP contribution in [0.25, 0.3) is 10.9 Å². The molecule has 2 aromatic carbocycles. The number of carbonyl (C=O) groups is 1. The Morgan fingerprint density at radius 1 is 0.935 bits per heavy atom. The Morgan fingerprint density at radius 2 is 1.61 bits per heavy atom. The number of amides is 1. The first kappa shape index (κ1) is 22.8. The molecule has 1 heterocycles. The van der Waals surface area contributed by atoms with Crippen LogP contribution in [0.3, 0.4) is 0 Å². The molecule has 0 saturated heterocycles. The van der Waals surface area contributed by atoms with Crippen molar-refractivity contribution in [1.29, 1.82) is 0 Å². The van der Waals surface area contributed by atoms with Crippen LogP contribution in [0, 0.1) is 13.8 Å². The van der Waals surface area contributed by atoms with Crippen LogP contribution in [0.4, 0.5) is 5.69 Å². The molecule has 5 heteroatoms. The Hall–Kier alpha value is -2.92. The fraction of sp³-hybridized carbons (Fsp3) is 0.385. The molecular weight excluding hydrogens is 386 g/mol. The molecule has 0 bridgehead atoms. The van der Waals surface area contributed by atoms with Crippen molar-refractivity contribution in [3.8, 4) is 5.88 Å². The summed E-state index contributed by atoms with van der Waals surface area (Å²) in [6.07, 6.45) is 0. The molecule has 3 rings (SSSR count). The van der Waals surface area contributed by atoms with E-state index in [-0.39, 0.29) is 5.91 Å². The lowest BCUT2D eigenvalue weighted by molar-refractivity contribution is 0.0984. The van der Waals surface area contributed by atoms with Crippen LogP contribution in [0.1, 0.15) is 42.3 Å². The Labute approximate surface area is 185 Å². The van der Waals surface area contributed by atoms with Crippen LogP contribution in [0.2, 0.25) is 0 Å². The van der Waals surface area contributed by atoms with Crippen molar-refractivity contribution in [2.45, 2.75) is 34.6 Å². The lowest BCUT2D eigenvalue weighted by Crippen LogP contribution is -2.39. The standard InChI is InChI=1S/C26H33N3O2/c1-6-28(7-2)16-17-29(25-19(4)12-11-13-20(25)5)26(30)22-18-24(31-8-3)27-23-15-10-9-14-21(22)23/h9-15,18H,6-8,16-17H2,1-5H3. The lowest BCUT2D eigenvalue weighted by atomic mass is 10.0. The maximum absolute atomic E-state index is 14.0. The minimum Gasteiger partial charge on any atom is -0.478 e. The highest BCUT2D eigenvalue weighted by atomic mass is 16.5. The van der Waals surface area contributed by atoms with Gasteiger partial charge in [0.25, 0.3) is 5.91 Å². The second kappa shape index (κ2) is 10.4. The molecule has 0 atom stereocenters. The summed E-state index contributed by atoms with van der Waals surface area (Å²) in [5.74, 6) is 0.457. The van der Waals surface area contributed by atoms with Gasteiger partial charge in [0.15, 0.2) is 0 Å². The summed E-state index contributed by atoms with van der Waals surface area (Å²) in [5.41, 5.74) is 4.56. The van der Waals surface area contributed by atoms with E-state index >= 15 is 0 Å². The number of likely N-dealkylation sites (N-methyl/N-ethyl adjacent to an activating group) is 1. The molecule has 0 aliphatic heterocycles. The second-order valence-corrected chi connectivity index (χ2v) is 7.68. The fourth-order valence-corrected chi connectivity index (χ4v) is 4.02. The lowest BCUT2D eigenvalue weighted by Gasteiger charge is -2.29. The highest BCUT2D eigenvalue weighted by Gasteiger charge is 2.24. The molecule has 0 aliphatic rings. The minimum atomic E-state index is -0.0240. The van der Waals surface area contributed by atoms with Crippen LogP contribution in [-0.4, -0.2) is 48.6 Å². The number of fused-ring (bicyclic) bond motifs is 1. The Morgan fingerprint density at radius 3 is 2.26 bits per heavy atom. The van der Waals surface area contributed by atoms with Gasteiger partial charge in [-0.2, -0.15) is 0 Å². The minimum absolute atomic E-state index is 0.0240. The van der Waals surface area contributed by atoms with E-state index in [1.807, 2.05) is 42.2 Å². The zero-order valence-corrected chi connectivity index (χ0v) is 19.3. The van der Waals surface area contributed by atoms with Crippen LogP contribution in [-0.2, 0) is 0 Å². The van der Waals surface area contributed by atoms with Gasteiger partial charge in [-0.1, -0.05) is 50.2 Å². The first-order valence-electron chi connectivity index (χ1n) is 11.1. The molecule has 0 fully saturated rings. The average molecular weight is 420 g/mol. The maximum Gasteiger partial charge on any atom is 0.259 e. The zero-order chi connectivity index (χ0) is 22.4. The number of benzene rings is 2. The molecule has 5 nitrogen and oxygen atoms in total. The fourth-order valence-electron chi connectivity index (χ4n) is 4.02. The average Bonchev–Trinajstić information content (AvgIpc) is 2.77. The topological polar surface area (TPSA) is 45.7 Å². The number of anilines is 1. The summed E-state index contributed by atoms with van der Waals surface area (Å²) in [5, 5.41) is 0.843. The molecule has 0 spiro atoms. The maximum atomic E-state index is 14.0. The largest absolute Gasteiger partial charge is 0.478 e. The van der Waals surface area contributed by atoms with Crippen molar-refractivity contribution in [3.63, 3.8) is 0 Å². The van der Waals surface area contributed by atoms with Gasteiger partial charge in [0.1, 0.15) is 0 Å². The van der Waals surface area contributed by atoms with E-state index in [0.717, 1.165) is 47.4 Å². The van der Waals surface area contributed by atoms with Gasteiger partial charge in [0.2, 0.25) is 5.88 Å². The number of carbonyl (C=O) groups excluding carboxylic acids is 1. The number of para-hydroxylation sites is 2. The number of nitrogens with zero attached hydrogens (tertiary/aromatic N) is 3. The molecule has 0 unspecified atom stereocenters. The molecular formula is C26H33N3O2.